The third-order valence-electron chi connectivity index (χ3n) is 4.95. The minimum Gasteiger partial charge on any atom is -0.471 e. The molecule has 2 aromatic rings. The van der Waals surface area contributed by atoms with Crippen molar-refractivity contribution in [1.29, 1.82) is 0 Å². The van der Waals surface area contributed by atoms with Gasteiger partial charge in [-0.25, -0.2) is 13.8 Å². The molecule has 31 heavy (non-hydrogen) atoms. The molecule has 0 saturated carbocycles. The summed E-state index contributed by atoms with van der Waals surface area (Å²) in [6.45, 7) is 3.57. The van der Waals surface area contributed by atoms with Crippen molar-refractivity contribution in [3.8, 4) is 5.88 Å². The summed E-state index contributed by atoms with van der Waals surface area (Å²) in [5.74, 6) is -3.56. The molecular formula is C21H24F2N4O4. The van der Waals surface area contributed by atoms with E-state index in [0.717, 1.165) is 6.92 Å². The van der Waals surface area contributed by atoms with Gasteiger partial charge in [-0.3, -0.25) is 14.6 Å². The SMILES string of the molecule is Cc1cc(C(C)N2Cc3c(ccnc3C(=O)NCCO)C2=O)cnc1OCC(C)(F)F. The molecule has 1 atom stereocenters. The molecule has 0 radical (unpaired) electrons. The first-order valence-electron chi connectivity index (χ1n) is 9.77. The van der Waals surface area contributed by atoms with E-state index in [0.29, 0.717) is 22.3 Å². The molecule has 2 N–H and O–H groups in total. The van der Waals surface area contributed by atoms with Crippen LogP contribution in [0.3, 0.4) is 0 Å². The second-order valence-electron chi connectivity index (χ2n) is 7.52. The van der Waals surface area contributed by atoms with Crippen LogP contribution in [0.2, 0.25) is 0 Å². The summed E-state index contributed by atoms with van der Waals surface area (Å²) in [4.78, 5) is 35.1. The van der Waals surface area contributed by atoms with Crippen LogP contribution in [0.25, 0.3) is 0 Å². The lowest BCUT2D eigenvalue weighted by Crippen LogP contribution is -2.29. The lowest BCUT2D eigenvalue weighted by atomic mass is 10.1. The maximum atomic E-state index is 13.0. The number of carbonyl (C=O) groups excluding carboxylic acids is 2. The van der Waals surface area contributed by atoms with Gasteiger partial charge in [0.2, 0.25) is 5.88 Å². The summed E-state index contributed by atoms with van der Waals surface area (Å²) in [6, 6.07) is 2.92. The Balaban J connectivity index is 1.80. The Labute approximate surface area is 178 Å². The summed E-state index contributed by atoms with van der Waals surface area (Å²) < 4.78 is 31.2. The summed E-state index contributed by atoms with van der Waals surface area (Å²) in [5, 5.41) is 11.5. The number of fused-ring (bicyclic) bond motifs is 1. The Hall–Kier alpha value is -3.14. The second-order valence-corrected chi connectivity index (χ2v) is 7.52. The summed E-state index contributed by atoms with van der Waals surface area (Å²) in [5.41, 5.74) is 2.33. The first-order chi connectivity index (χ1) is 14.6. The van der Waals surface area contributed by atoms with Crippen LogP contribution in [0, 0.1) is 6.92 Å². The van der Waals surface area contributed by atoms with E-state index in [9.17, 15) is 18.4 Å². The highest BCUT2D eigenvalue weighted by Gasteiger charge is 2.35. The number of aliphatic hydroxyl groups is 1. The Morgan fingerprint density at radius 3 is 2.81 bits per heavy atom. The number of alkyl halides is 2. The van der Waals surface area contributed by atoms with E-state index in [1.54, 1.807) is 24.0 Å². The molecule has 0 saturated heterocycles. The number of nitrogens with one attached hydrogen (secondary N) is 1. The highest BCUT2D eigenvalue weighted by Crippen LogP contribution is 2.33. The number of hydrogen-bond acceptors (Lipinski definition) is 6. The molecule has 1 unspecified atom stereocenters. The number of carbonyl (C=O) groups is 2. The maximum absolute atomic E-state index is 13.0. The van der Waals surface area contributed by atoms with Gasteiger partial charge in [-0.05, 0) is 31.5 Å². The zero-order valence-electron chi connectivity index (χ0n) is 17.5. The van der Waals surface area contributed by atoms with Crippen LogP contribution in [0.5, 0.6) is 5.88 Å². The third-order valence-corrected chi connectivity index (χ3v) is 4.95. The molecule has 0 bridgehead atoms. The number of halogens is 2. The molecule has 2 aromatic heterocycles. The monoisotopic (exact) mass is 434 g/mol. The minimum atomic E-state index is -2.97. The van der Waals surface area contributed by atoms with Crippen LogP contribution in [-0.2, 0) is 6.54 Å². The van der Waals surface area contributed by atoms with E-state index in [1.807, 2.05) is 6.92 Å². The normalized spacial score (nSPS) is 14.4. The maximum Gasteiger partial charge on any atom is 0.278 e. The van der Waals surface area contributed by atoms with Crippen LogP contribution >= 0.6 is 0 Å². The first-order valence-corrected chi connectivity index (χ1v) is 9.77. The third kappa shape index (κ3) is 4.96. The summed E-state index contributed by atoms with van der Waals surface area (Å²) in [7, 11) is 0. The predicted octanol–water partition coefficient (Wildman–Crippen LogP) is 2.26. The van der Waals surface area contributed by atoms with Gasteiger partial charge in [0.05, 0.1) is 12.6 Å². The molecule has 0 spiro atoms. The number of aliphatic hydroxyl groups excluding tert-OH is 1. The van der Waals surface area contributed by atoms with Gasteiger partial charge in [-0.2, -0.15) is 0 Å². The van der Waals surface area contributed by atoms with Gasteiger partial charge in [-0.15, -0.1) is 0 Å². The zero-order valence-corrected chi connectivity index (χ0v) is 17.5. The molecule has 3 heterocycles. The summed E-state index contributed by atoms with van der Waals surface area (Å²) >= 11 is 0. The van der Waals surface area contributed by atoms with Crippen LogP contribution in [0.1, 0.15) is 57.4 Å². The van der Waals surface area contributed by atoms with Crippen molar-refractivity contribution < 1.29 is 28.2 Å². The number of aromatic nitrogens is 2. The quantitative estimate of drug-likeness (QED) is 0.661. The highest BCUT2D eigenvalue weighted by atomic mass is 19.3. The fourth-order valence-corrected chi connectivity index (χ4v) is 3.35. The Morgan fingerprint density at radius 2 is 2.16 bits per heavy atom. The van der Waals surface area contributed by atoms with E-state index < -0.39 is 18.4 Å². The van der Waals surface area contributed by atoms with Crippen molar-refractivity contribution in [3.63, 3.8) is 0 Å². The van der Waals surface area contributed by atoms with E-state index >= 15 is 0 Å². The standard InChI is InChI=1S/C21H24F2N4O4/c1-12-8-14(9-26-19(12)31-11-21(3,22)23)13(2)27-10-16-15(20(27)30)4-5-24-17(16)18(29)25-6-7-28/h4-5,8-9,13,28H,6-7,10-11H2,1-3H3,(H,25,29). The molecule has 1 aliphatic heterocycles. The lowest BCUT2D eigenvalue weighted by Gasteiger charge is -2.25. The van der Waals surface area contributed by atoms with Crippen molar-refractivity contribution in [3.05, 3.63) is 52.5 Å². The van der Waals surface area contributed by atoms with Crippen molar-refractivity contribution in [2.75, 3.05) is 19.8 Å². The number of pyridine rings is 2. The van der Waals surface area contributed by atoms with E-state index in [4.69, 9.17) is 9.84 Å². The Bertz CT molecular complexity index is 994. The topological polar surface area (TPSA) is 105 Å². The molecular weight excluding hydrogens is 410 g/mol. The molecule has 10 heteroatoms. The van der Waals surface area contributed by atoms with Crippen molar-refractivity contribution in [2.45, 2.75) is 39.3 Å². The smallest absolute Gasteiger partial charge is 0.278 e. The van der Waals surface area contributed by atoms with Crippen LogP contribution in [0.4, 0.5) is 8.78 Å². The molecule has 0 aliphatic carbocycles. The molecule has 0 aromatic carbocycles. The molecule has 0 fully saturated rings. The van der Waals surface area contributed by atoms with Gasteiger partial charge in [0, 0.05) is 49.1 Å². The lowest BCUT2D eigenvalue weighted by molar-refractivity contribution is -0.0244. The van der Waals surface area contributed by atoms with Gasteiger partial charge in [0.25, 0.3) is 17.7 Å². The van der Waals surface area contributed by atoms with Crippen molar-refractivity contribution >= 4 is 11.8 Å². The summed E-state index contributed by atoms with van der Waals surface area (Å²) in [6.07, 6.45) is 2.89. The highest BCUT2D eigenvalue weighted by molar-refractivity contribution is 6.03. The number of amides is 2. The molecule has 1 aliphatic rings. The van der Waals surface area contributed by atoms with Crippen LogP contribution in [0.15, 0.2) is 24.5 Å². The molecule has 3 rings (SSSR count). The zero-order chi connectivity index (χ0) is 22.8. The van der Waals surface area contributed by atoms with E-state index in [-0.39, 0.29) is 43.2 Å². The number of ether oxygens (including phenoxy) is 1. The predicted molar refractivity (Wildman–Crippen MR) is 107 cm³/mol. The number of rotatable bonds is 8. The molecule has 2 amide bonds. The van der Waals surface area contributed by atoms with Gasteiger partial charge < -0.3 is 20.1 Å². The molecule has 166 valence electrons. The van der Waals surface area contributed by atoms with Crippen molar-refractivity contribution in [2.24, 2.45) is 0 Å². The van der Waals surface area contributed by atoms with Crippen LogP contribution < -0.4 is 10.1 Å². The Morgan fingerprint density at radius 1 is 1.42 bits per heavy atom. The van der Waals surface area contributed by atoms with Crippen molar-refractivity contribution in [1.82, 2.24) is 20.2 Å². The average molecular weight is 434 g/mol. The van der Waals surface area contributed by atoms with Gasteiger partial charge in [-0.1, -0.05) is 0 Å². The number of nitrogens with zero attached hydrogens (tertiary/aromatic N) is 3. The second kappa shape index (κ2) is 8.93. The average Bonchev–Trinajstić information content (AvgIpc) is 3.06. The van der Waals surface area contributed by atoms with Gasteiger partial charge >= 0.3 is 0 Å². The number of aryl methyl sites for hydroxylation is 1. The number of hydrogen-bond donors (Lipinski definition) is 2. The first kappa shape index (κ1) is 22.5. The largest absolute Gasteiger partial charge is 0.471 e. The fraction of sp³-hybridized carbons (Fsp3) is 0.429. The van der Waals surface area contributed by atoms with E-state index in [1.165, 1.54) is 12.4 Å². The fourth-order valence-electron chi connectivity index (χ4n) is 3.35. The Kier molecular flexibility index (Phi) is 6.49. The minimum absolute atomic E-state index is 0.0849. The molecule has 8 nitrogen and oxygen atoms in total. The van der Waals surface area contributed by atoms with E-state index in [2.05, 4.69) is 15.3 Å². The van der Waals surface area contributed by atoms with Gasteiger partial charge in [0.15, 0.2) is 6.61 Å². The van der Waals surface area contributed by atoms with Gasteiger partial charge in [0.1, 0.15) is 5.69 Å². The van der Waals surface area contributed by atoms with Crippen LogP contribution in [-0.4, -0.2) is 57.5 Å².